The van der Waals surface area contributed by atoms with Crippen molar-refractivity contribution in [2.45, 2.75) is 26.9 Å². The number of aryl methyl sites for hydroxylation is 2. The van der Waals surface area contributed by atoms with Crippen molar-refractivity contribution in [2.75, 3.05) is 5.32 Å². The van der Waals surface area contributed by atoms with Gasteiger partial charge in [-0.05, 0) is 56.2 Å². The van der Waals surface area contributed by atoms with Crippen LogP contribution in [-0.2, 0) is 4.79 Å². The zero-order chi connectivity index (χ0) is 16.3. The second-order valence-electron chi connectivity index (χ2n) is 5.09. The molecule has 0 heterocycles. The third-order valence-electron chi connectivity index (χ3n) is 3.37. The third kappa shape index (κ3) is 3.61. The zero-order valence-electron chi connectivity index (χ0n) is 12.6. The van der Waals surface area contributed by atoms with Crippen molar-refractivity contribution in [1.29, 1.82) is 0 Å². The van der Waals surface area contributed by atoms with Gasteiger partial charge in [-0.15, -0.1) is 0 Å². The molecule has 2 rings (SSSR count). The van der Waals surface area contributed by atoms with Gasteiger partial charge < -0.3 is 10.1 Å². The van der Waals surface area contributed by atoms with Crippen LogP contribution in [0.1, 0.15) is 18.1 Å². The fourth-order valence-electron chi connectivity index (χ4n) is 1.89. The van der Waals surface area contributed by atoms with Gasteiger partial charge in [0.25, 0.3) is 5.91 Å². The summed E-state index contributed by atoms with van der Waals surface area (Å²) in [5.41, 5.74) is 1.67. The van der Waals surface area contributed by atoms with Crippen LogP contribution in [0.15, 0.2) is 36.4 Å². The Morgan fingerprint density at radius 2 is 1.73 bits per heavy atom. The summed E-state index contributed by atoms with van der Waals surface area (Å²) in [5, 5.41) is 2.21. The predicted molar refractivity (Wildman–Crippen MR) is 81.0 cm³/mol. The van der Waals surface area contributed by atoms with Gasteiger partial charge in [-0.2, -0.15) is 0 Å². The largest absolute Gasteiger partial charge is 0.481 e. The van der Waals surface area contributed by atoms with Gasteiger partial charge >= 0.3 is 0 Å². The molecular formula is C17H17F2NO2. The minimum absolute atomic E-state index is 0.469. The molecule has 5 heteroatoms. The van der Waals surface area contributed by atoms with E-state index in [4.69, 9.17) is 4.74 Å². The minimum Gasteiger partial charge on any atom is -0.481 e. The molecule has 22 heavy (non-hydrogen) atoms. The minimum atomic E-state index is -0.888. The van der Waals surface area contributed by atoms with E-state index in [1.807, 2.05) is 26.0 Å². The lowest BCUT2D eigenvalue weighted by Gasteiger charge is -2.16. The predicted octanol–water partition coefficient (Wildman–Crippen LogP) is 3.99. The first-order valence-electron chi connectivity index (χ1n) is 6.87. The Morgan fingerprint density at radius 1 is 1.09 bits per heavy atom. The van der Waals surface area contributed by atoms with Crippen LogP contribution in [0.3, 0.4) is 0 Å². The van der Waals surface area contributed by atoms with Crippen LogP contribution >= 0.6 is 0 Å². The van der Waals surface area contributed by atoms with E-state index in [-0.39, 0.29) is 0 Å². The highest BCUT2D eigenvalue weighted by molar-refractivity contribution is 5.94. The highest BCUT2D eigenvalue weighted by Crippen LogP contribution is 2.20. The van der Waals surface area contributed by atoms with Crippen LogP contribution in [0.2, 0.25) is 0 Å². The van der Waals surface area contributed by atoms with Crippen LogP contribution in [-0.4, -0.2) is 12.0 Å². The molecule has 0 saturated heterocycles. The molecule has 2 aromatic carbocycles. The SMILES string of the molecule is Cc1ccc(O[C@H](C)C(=O)Nc2c(F)cccc2F)cc1C. The van der Waals surface area contributed by atoms with E-state index in [1.54, 1.807) is 6.07 Å². The number of hydrogen-bond donors (Lipinski definition) is 1. The van der Waals surface area contributed by atoms with Gasteiger partial charge in [0.05, 0.1) is 0 Å². The first kappa shape index (κ1) is 15.9. The summed E-state index contributed by atoms with van der Waals surface area (Å²) in [6.07, 6.45) is -0.888. The van der Waals surface area contributed by atoms with E-state index < -0.39 is 29.3 Å². The van der Waals surface area contributed by atoms with Gasteiger partial charge in [0, 0.05) is 0 Å². The second-order valence-corrected chi connectivity index (χ2v) is 5.09. The van der Waals surface area contributed by atoms with Gasteiger partial charge in [0.15, 0.2) is 6.10 Å². The lowest BCUT2D eigenvalue weighted by atomic mass is 10.1. The maximum Gasteiger partial charge on any atom is 0.265 e. The third-order valence-corrected chi connectivity index (χ3v) is 3.37. The van der Waals surface area contributed by atoms with E-state index in [9.17, 15) is 13.6 Å². The fraction of sp³-hybridized carbons (Fsp3) is 0.235. The van der Waals surface area contributed by atoms with Crippen LogP contribution in [0, 0.1) is 25.5 Å². The topological polar surface area (TPSA) is 38.3 Å². The number of rotatable bonds is 4. The number of anilines is 1. The van der Waals surface area contributed by atoms with Crippen molar-refractivity contribution < 1.29 is 18.3 Å². The lowest BCUT2D eigenvalue weighted by molar-refractivity contribution is -0.122. The molecule has 0 saturated carbocycles. The van der Waals surface area contributed by atoms with Crippen LogP contribution < -0.4 is 10.1 Å². The molecule has 0 aliphatic heterocycles. The lowest BCUT2D eigenvalue weighted by Crippen LogP contribution is -2.30. The van der Waals surface area contributed by atoms with Gasteiger partial charge in [-0.1, -0.05) is 12.1 Å². The van der Waals surface area contributed by atoms with E-state index >= 15 is 0 Å². The van der Waals surface area contributed by atoms with Crippen molar-refractivity contribution in [2.24, 2.45) is 0 Å². The second kappa shape index (κ2) is 6.56. The summed E-state index contributed by atoms with van der Waals surface area (Å²) in [6.45, 7) is 5.42. The van der Waals surface area contributed by atoms with Crippen molar-refractivity contribution >= 4 is 11.6 Å². The molecule has 0 unspecified atom stereocenters. The smallest absolute Gasteiger partial charge is 0.265 e. The first-order chi connectivity index (χ1) is 10.4. The average Bonchev–Trinajstić information content (AvgIpc) is 2.46. The Labute approximate surface area is 127 Å². The van der Waals surface area contributed by atoms with Gasteiger partial charge in [0.2, 0.25) is 0 Å². The normalized spacial score (nSPS) is 11.9. The number of ether oxygens (including phenoxy) is 1. The Balaban J connectivity index is 2.07. The molecule has 1 amide bonds. The number of carbonyl (C=O) groups excluding carboxylic acids is 1. The Hall–Kier alpha value is -2.43. The first-order valence-corrected chi connectivity index (χ1v) is 6.87. The summed E-state index contributed by atoms with van der Waals surface area (Å²) >= 11 is 0. The summed E-state index contributed by atoms with van der Waals surface area (Å²) in [5.74, 6) is -1.75. The zero-order valence-corrected chi connectivity index (χ0v) is 12.6. The number of hydrogen-bond acceptors (Lipinski definition) is 2. The molecule has 0 radical (unpaired) electrons. The van der Waals surface area contributed by atoms with E-state index in [0.717, 1.165) is 23.3 Å². The number of halogens is 2. The summed E-state index contributed by atoms with van der Waals surface area (Å²) in [4.78, 5) is 12.0. The quantitative estimate of drug-likeness (QED) is 0.927. The summed E-state index contributed by atoms with van der Waals surface area (Å²) < 4.78 is 32.5. The molecule has 0 aliphatic carbocycles. The molecule has 0 aromatic heterocycles. The van der Waals surface area contributed by atoms with Crippen molar-refractivity contribution in [3.05, 3.63) is 59.2 Å². The molecule has 3 nitrogen and oxygen atoms in total. The summed E-state index contributed by atoms with van der Waals surface area (Å²) in [6, 6.07) is 8.82. The highest BCUT2D eigenvalue weighted by Gasteiger charge is 2.18. The van der Waals surface area contributed by atoms with Gasteiger partial charge in [-0.25, -0.2) is 8.78 Å². The van der Waals surface area contributed by atoms with E-state index in [1.165, 1.54) is 13.0 Å². The van der Waals surface area contributed by atoms with Crippen LogP contribution in [0.25, 0.3) is 0 Å². The Morgan fingerprint density at radius 3 is 2.32 bits per heavy atom. The molecule has 2 aromatic rings. The number of benzene rings is 2. The number of carbonyl (C=O) groups is 1. The number of nitrogens with one attached hydrogen (secondary N) is 1. The summed E-state index contributed by atoms with van der Waals surface area (Å²) in [7, 11) is 0. The van der Waals surface area contributed by atoms with Crippen LogP contribution in [0.5, 0.6) is 5.75 Å². The van der Waals surface area contributed by atoms with E-state index in [2.05, 4.69) is 5.32 Å². The molecule has 1 N–H and O–H groups in total. The Bertz CT molecular complexity index is 681. The molecular weight excluding hydrogens is 288 g/mol. The fourth-order valence-corrected chi connectivity index (χ4v) is 1.89. The molecule has 0 fully saturated rings. The van der Waals surface area contributed by atoms with Crippen molar-refractivity contribution in [1.82, 2.24) is 0 Å². The van der Waals surface area contributed by atoms with Crippen LogP contribution in [0.4, 0.5) is 14.5 Å². The van der Waals surface area contributed by atoms with Crippen molar-refractivity contribution in [3.63, 3.8) is 0 Å². The van der Waals surface area contributed by atoms with Gasteiger partial charge in [0.1, 0.15) is 23.1 Å². The van der Waals surface area contributed by atoms with E-state index in [0.29, 0.717) is 5.75 Å². The molecule has 0 spiro atoms. The highest BCUT2D eigenvalue weighted by atomic mass is 19.1. The van der Waals surface area contributed by atoms with Gasteiger partial charge in [-0.3, -0.25) is 4.79 Å². The monoisotopic (exact) mass is 305 g/mol. The maximum absolute atomic E-state index is 13.5. The number of para-hydroxylation sites is 1. The molecule has 0 bridgehead atoms. The average molecular weight is 305 g/mol. The number of amides is 1. The molecule has 1 atom stereocenters. The maximum atomic E-state index is 13.5. The Kier molecular flexibility index (Phi) is 4.75. The molecule has 116 valence electrons. The standard InChI is InChI=1S/C17H17F2NO2/c1-10-7-8-13(9-11(10)2)22-12(3)17(21)20-16-14(18)5-4-6-15(16)19/h4-9,12H,1-3H3,(H,20,21)/t12-/m1/s1. The van der Waals surface area contributed by atoms with Crippen molar-refractivity contribution in [3.8, 4) is 5.75 Å². The molecule has 0 aliphatic rings.